The first-order chi connectivity index (χ1) is 9.19. The van der Waals surface area contributed by atoms with E-state index < -0.39 is 0 Å². The predicted octanol–water partition coefficient (Wildman–Crippen LogP) is 1.65. The molecule has 19 heavy (non-hydrogen) atoms. The van der Waals surface area contributed by atoms with Crippen molar-refractivity contribution in [2.75, 3.05) is 27.2 Å². The molecule has 1 amide bonds. The van der Waals surface area contributed by atoms with Gasteiger partial charge in [0.25, 0.3) is 0 Å². The highest BCUT2D eigenvalue weighted by atomic mass is 16.5. The number of hydrogen-bond donors (Lipinski definition) is 1. The van der Waals surface area contributed by atoms with Gasteiger partial charge in [-0.3, -0.25) is 4.79 Å². The molecule has 4 nitrogen and oxygen atoms in total. The summed E-state index contributed by atoms with van der Waals surface area (Å²) in [5.41, 5.74) is 1.10. The third kappa shape index (κ3) is 3.96. The van der Waals surface area contributed by atoms with Crippen LogP contribution in [0, 0.1) is 5.92 Å². The number of ether oxygens (including phenoxy) is 1. The molecule has 1 N–H and O–H groups in total. The van der Waals surface area contributed by atoms with Crippen LogP contribution >= 0.6 is 0 Å². The molecule has 0 spiro atoms. The lowest BCUT2D eigenvalue weighted by Gasteiger charge is -2.28. The Bertz CT molecular complexity index is 409. The number of carbonyl (C=O) groups is 1. The molecular formula is C15H22N2O2. The highest BCUT2D eigenvalue weighted by Crippen LogP contribution is 2.16. The van der Waals surface area contributed by atoms with E-state index in [0.29, 0.717) is 6.54 Å². The molecule has 0 atom stereocenters. The zero-order valence-electron chi connectivity index (χ0n) is 11.7. The second kappa shape index (κ2) is 6.57. The molecule has 104 valence electrons. The number of nitrogens with zero attached hydrogens (tertiary/aromatic N) is 1. The molecule has 1 aliphatic rings. The lowest BCUT2D eigenvalue weighted by molar-refractivity contribution is -0.126. The molecule has 0 unspecified atom stereocenters. The molecular weight excluding hydrogens is 240 g/mol. The minimum atomic E-state index is 0.175. The normalized spacial score (nSPS) is 17.2. The Morgan fingerprint density at radius 1 is 1.32 bits per heavy atom. The Labute approximate surface area is 114 Å². The van der Waals surface area contributed by atoms with Gasteiger partial charge in [0, 0.05) is 12.5 Å². The topological polar surface area (TPSA) is 41.6 Å². The van der Waals surface area contributed by atoms with Crippen molar-refractivity contribution in [1.82, 2.24) is 10.2 Å². The number of nitrogens with one attached hydrogen (secondary N) is 1. The molecule has 0 bridgehead atoms. The number of amides is 1. The average Bonchev–Trinajstić information content (AvgIpc) is 2.46. The summed E-state index contributed by atoms with van der Waals surface area (Å²) in [5.74, 6) is 1.20. The monoisotopic (exact) mass is 262 g/mol. The van der Waals surface area contributed by atoms with Crippen LogP contribution in [0.3, 0.4) is 0 Å². The summed E-state index contributed by atoms with van der Waals surface area (Å²) in [6.45, 7) is 2.62. The van der Waals surface area contributed by atoms with Gasteiger partial charge in [-0.1, -0.05) is 12.1 Å². The third-order valence-corrected chi connectivity index (χ3v) is 3.72. The zero-order valence-corrected chi connectivity index (χ0v) is 11.7. The highest BCUT2D eigenvalue weighted by molar-refractivity contribution is 5.78. The van der Waals surface area contributed by atoms with Crippen LogP contribution in [0.25, 0.3) is 0 Å². The average molecular weight is 262 g/mol. The van der Waals surface area contributed by atoms with Gasteiger partial charge in [-0.2, -0.15) is 0 Å². The van der Waals surface area contributed by atoms with Gasteiger partial charge >= 0.3 is 0 Å². The van der Waals surface area contributed by atoms with Gasteiger partial charge < -0.3 is 15.0 Å². The van der Waals surface area contributed by atoms with Crippen LogP contribution in [0.1, 0.15) is 18.4 Å². The van der Waals surface area contributed by atoms with Gasteiger partial charge in [0.05, 0.1) is 7.11 Å². The largest absolute Gasteiger partial charge is 0.497 e. The fourth-order valence-corrected chi connectivity index (χ4v) is 2.35. The molecule has 1 aliphatic heterocycles. The Morgan fingerprint density at radius 2 is 1.95 bits per heavy atom. The molecule has 1 heterocycles. The van der Waals surface area contributed by atoms with Crippen LogP contribution in [0.15, 0.2) is 24.3 Å². The number of rotatable bonds is 4. The molecule has 1 aromatic carbocycles. The lowest BCUT2D eigenvalue weighted by Crippen LogP contribution is -2.38. The second-order valence-electron chi connectivity index (χ2n) is 5.14. The number of carbonyl (C=O) groups excluding carboxylic acids is 1. The second-order valence-corrected chi connectivity index (χ2v) is 5.14. The first-order valence-corrected chi connectivity index (χ1v) is 6.78. The van der Waals surface area contributed by atoms with E-state index in [1.165, 1.54) is 0 Å². The van der Waals surface area contributed by atoms with Crippen molar-refractivity contribution in [3.63, 3.8) is 0 Å². The smallest absolute Gasteiger partial charge is 0.223 e. The molecule has 1 saturated heterocycles. The number of methoxy groups -OCH3 is 1. The predicted molar refractivity (Wildman–Crippen MR) is 75.1 cm³/mol. The van der Waals surface area contributed by atoms with Crippen molar-refractivity contribution in [3.8, 4) is 5.75 Å². The van der Waals surface area contributed by atoms with Crippen LogP contribution in [0.5, 0.6) is 5.75 Å². The van der Waals surface area contributed by atoms with Crippen molar-refractivity contribution >= 4 is 5.91 Å². The van der Waals surface area contributed by atoms with Gasteiger partial charge in [0.1, 0.15) is 5.75 Å². The number of benzene rings is 1. The fourth-order valence-electron chi connectivity index (χ4n) is 2.35. The van der Waals surface area contributed by atoms with Crippen molar-refractivity contribution in [2.45, 2.75) is 19.4 Å². The van der Waals surface area contributed by atoms with E-state index in [-0.39, 0.29) is 11.8 Å². The van der Waals surface area contributed by atoms with E-state index in [1.807, 2.05) is 24.3 Å². The number of piperidine rings is 1. The summed E-state index contributed by atoms with van der Waals surface area (Å²) in [6.07, 6.45) is 1.93. The lowest BCUT2D eigenvalue weighted by atomic mass is 9.96. The van der Waals surface area contributed by atoms with Crippen LogP contribution in [0.4, 0.5) is 0 Å². The van der Waals surface area contributed by atoms with E-state index in [9.17, 15) is 4.79 Å². The van der Waals surface area contributed by atoms with Gasteiger partial charge in [-0.25, -0.2) is 0 Å². The van der Waals surface area contributed by atoms with Gasteiger partial charge in [0.15, 0.2) is 0 Å². The van der Waals surface area contributed by atoms with E-state index in [0.717, 1.165) is 37.2 Å². The standard InChI is InChI=1S/C15H22N2O2/c1-17-9-7-13(8-10-17)15(18)16-11-12-3-5-14(19-2)6-4-12/h3-6,13H,7-11H2,1-2H3,(H,16,18). The van der Waals surface area contributed by atoms with Crippen molar-refractivity contribution in [1.29, 1.82) is 0 Å². The van der Waals surface area contributed by atoms with Gasteiger partial charge in [0.2, 0.25) is 5.91 Å². The van der Waals surface area contributed by atoms with Crippen LogP contribution in [-0.2, 0) is 11.3 Å². The quantitative estimate of drug-likeness (QED) is 0.897. The Balaban J connectivity index is 1.79. The summed E-state index contributed by atoms with van der Waals surface area (Å²) >= 11 is 0. The summed E-state index contributed by atoms with van der Waals surface area (Å²) < 4.78 is 5.11. The molecule has 2 rings (SSSR count). The summed E-state index contributed by atoms with van der Waals surface area (Å²) in [4.78, 5) is 14.3. The van der Waals surface area contributed by atoms with Crippen molar-refractivity contribution < 1.29 is 9.53 Å². The maximum Gasteiger partial charge on any atom is 0.223 e. The van der Waals surface area contributed by atoms with E-state index in [2.05, 4.69) is 17.3 Å². The summed E-state index contributed by atoms with van der Waals surface area (Å²) in [5, 5.41) is 3.02. The molecule has 0 aliphatic carbocycles. The minimum absolute atomic E-state index is 0.175. The fraction of sp³-hybridized carbons (Fsp3) is 0.533. The van der Waals surface area contributed by atoms with Gasteiger partial charge in [-0.15, -0.1) is 0 Å². The maximum absolute atomic E-state index is 12.0. The first kappa shape index (κ1) is 13.9. The molecule has 1 aromatic rings. The van der Waals surface area contributed by atoms with Crippen molar-refractivity contribution in [2.24, 2.45) is 5.92 Å². The summed E-state index contributed by atoms with van der Waals surface area (Å²) in [7, 11) is 3.75. The number of hydrogen-bond acceptors (Lipinski definition) is 3. The SMILES string of the molecule is COc1ccc(CNC(=O)C2CCN(C)CC2)cc1. The Hall–Kier alpha value is -1.55. The van der Waals surface area contributed by atoms with Crippen LogP contribution in [-0.4, -0.2) is 38.1 Å². The van der Waals surface area contributed by atoms with Crippen LogP contribution < -0.4 is 10.1 Å². The van der Waals surface area contributed by atoms with Gasteiger partial charge in [-0.05, 0) is 50.7 Å². The van der Waals surface area contributed by atoms with E-state index >= 15 is 0 Å². The summed E-state index contributed by atoms with van der Waals surface area (Å²) in [6, 6.07) is 7.79. The highest BCUT2D eigenvalue weighted by Gasteiger charge is 2.22. The number of likely N-dealkylation sites (tertiary alicyclic amines) is 1. The third-order valence-electron chi connectivity index (χ3n) is 3.72. The first-order valence-electron chi connectivity index (χ1n) is 6.78. The van der Waals surface area contributed by atoms with Crippen molar-refractivity contribution in [3.05, 3.63) is 29.8 Å². The molecule has 0 aromatic heterocycles. The molecule has 0 radical (unpaired) electrons. The molecule has 4 heteroatoms. The van der Waals surface area contributed by atoms with Crippen LogP contribution in [0.2, 0.25) is 0 Å². The molecule has 0 saturated carbocycles. The maximum atomic E-state index is 12.0. The minimum Gasteiger partial charge on any atom is -0.497 e. The van der Waals surface area contributed by atoms with E-state index in [1.54, 1.807) is 7.11 Å². The zero-order chi connectivity index (χ0) is 13.7. The Kier molecular flexibility index (Phi) is 4.80. The van der Waals surface area contributed by atoms with E-state index in [4.69, 9.17) is 4.74 Å². The molecule has 1 fully saturated rings. The Morgan fingerprint density at radius 3 is 2.53 bits per heavy atom.